The third kappa shape index (κ3) is 4.61. The van der Waals surface area contributed by atoms with Gasteiger partial charge in [0.2, 0.25) is 0 Å². The summed E-state index contributed by atoms with van der Waals surface area (Å²) >= 11 is 0. The highest BCUT2D eigenvalue weighted by molar-refractivity contribution is 6.11. The van der Waals surface area contributed by atoms with Crippen LogP contribution in [0.4, 0.5) is 0 Å². The van der Waals surface area contributed by atoms with E-state index in [2.05, 4.69) is 112 Å². The summed E-state index contributed by atoms with van der Waals surface area (Å²) in [4.78, 5) is 15.2. The molecular weight excluding hydrogens is 637 g/mol. The van der Waals surface area contributed by atoms with Crippen LogP contribution in [0, 0.1) is 11.3 Å². The zero-order valence-corrected chi connectivity index (χ0v) is 27.8. The molecule has 0 aliphatic rings. The van der Waals surface area contributed by atoms with E-state index >= 15 is 0 Å². The van der Waals surface area contributed by atoms with E-state index in [9.17, 15) is 5.26 Å². The van der Waals surface area contributed by atoms with Gasteiger partial charge in [-0.05, 0) is 36.4 Å². The lowest BCUT2D eigenvalue weighted by Gasteiger charge is -2.18. The minimum atomic E-state index is 0.425. The first-order chi connectivity index (χ1) is 25.8. The highest BCUT2D eigenvalue weighted by atomic mass is 15.0. The zero-order valence-electron chi connectivity index (χ0n) is 27.8. The molecule has 0 saturated heterocycles. The van der Waals surface area contributed by atoms with Gasteiger partial charge >= 0.3 is 0 Å². The number of nitrogens with zero attached hydrogens (tertiary/aromatic N) is 6. The third-order valence-corrected chi connectivity index (χ3v) is 9.81. The number of rotatable bonds is 5. The minimum absolute atomic E-state index is 0.425. The maximum Gasteiger partial charge on any atom is 0.165 e. The Labute approximate surface area is 299 Å². The van der Waals surface area contributed by atoms with Gasteiger partial charge in [-0.1, -0.05) is 133 Å². The molecular formula is C46H28N6. The molecule has 0 aliphatic heterocycles. The molecule has 10 aromatic rings. The number of aromatic nitrogens is 5. The molecule has 7 aromatic carbocycles. The lowest BCUT2D eigenvalue weighted by atomic mass is 10.0. The van der Waals surface area contributed by atoms with Crippen LogP contribution < -0.4 is 0 Å². The van der Waals surface area contributed by atoms with E-state index in [1.165, 1.54) is 0 Å². The Hall–Kier alpha value is -7.36. The molecule has 0 bridgehead atoms. The zero-order chi connectivity index (χ0) is 34.6. The van der Waals surface area contributed by atoms with Gasteiger partial charge in [0.1, 0.15) is 6.07 Å². The van der Waals surface area contributed by atoms with E-state index in [0.29, 0.717) is 28.6 Å². The van der Waals surface area contributed by atoms with Crippen molar-refractivity contribution in [3.8, 4) is 51.6 Å². The molecule has 0 aliphatic carbocycles. The Balaban J connectivity index is 1.36. The number of hydrogen-bond acceptors (Lipinski definition) is 4. The van der Waals surface area contributed by atoms with Crippen LogP contribution in [-0.4, -0.2) is 24.1 Å². The summed E-state index contributed by atoms with van der Waals surface area (Å²) in [5, 5.41) is 15.7. The summed E-state index contributed by atoms with van der Waals surface area (Å²) in [6, 6.07) is 60.3. The first kappa shape index (κ1) is 29.5. The van der Waals surface area contributed by atoms with Gasteiger partial charge in [-0.3, -0.25) is 0 Å². The molecule has 3 aromatic heterocycles. The average molecular weight is 665 g/mol. The van der Waals surface area contributed by atoms with Crippen molar-refractivity contribution in [1.29, 1.82) is 5.26 Å². The Morgan fingerprint density at radius 3 is 1.23 bits per heavy atom. The molecule has 0 spiro atoms. The first-order valence-electron chi connectivity index (χ1n) is 17.2. The molecule has 0 atom stereocenters. The highest BCUT2D eigenvalue weighted by Gasteiger charge is 2.23. The molecule has 6 heteroatoms. The molecule has 0 saturated carbocycles. The Morgan fingerprint density at radius 2 is 0.788 bits per heavy atom. The van der Waals surface area contributed by atoms with E-state index in [-0.39, 0.29) is 0 Å². The number of benzene rings is 7. The van der Waals surface area contributed by atoms with E-state index in [1.807, 2.05) is 72.8 Å². The fraction of sp³-hybridized carbons (Fsp3) is 0. The summed E-state index contributed by atoms with van der Waals surface area (Å²) in [5.41, 5.74) is 8.62. The Bertz CT molecular complexity index is 2860. The van der Waals surface area contributed by atoms with Crippen molar-refractivity contribution in [2.24, 2.45) is 0 Å². The van der Waals surface area contributed by atoms with Crippen molar-refractivity contribution >= 4 is 43.6 Å². The van der Waals surface area contributed by atoms with Crippen molar-refractivity contribution < 1.29 is 0 Å². The van der Waals surface area contributed by atoms with Gasteiger partial charge in [-0.2, -0.15) is 5.26 Å². The van der Waals surface area contributed by atoms with Crippen molar-refractivity contribution in [2.45, 2.75) is 0 Å². The fourth-order valence-electron chi connectivity index (χ4n) is 7.52. The second-order valence-corrected chi connectivity index (χ2v) is 12.8. The third-order valence-electron chi connectivity index (χ3n) is 9.81. The molecule has 242 valence electrons. The van der Waals surface area contributed by atoms with E-state index in [4.69, 9.17) is 15.0 Å². The Kier molecular flexibility index (Phi) is 6.76. The van der Waals surface area contributed by atoms with Gasteiger partial charge in [0.05, 0.1) is 33.3 Å². The van der Waals surface area contributed by atoms with Crippen LogP contribution in [0.15, 0.2) is 170 Å². The molecule has 6 nitrogen and oxygen atoms in total. The standard InChI is InChI=1S/C46H28N6/c47-29-38-37(46-49-44(30-15-3-1-4-16-30)48-45(50-46)31-17-5-2-6-18-31)27-32(51-39-23-11-7-19-33(39)34-20-8-12-24-40(34)51)28-43(38)52-41-25-13-9-21-35(41)36-22-10-14-26-42(36)52/h1-28H. The number of nitriles is 1. The molecule has 10 rings (SSSR count). The van der Waals surface area contributed by atoms with Gasteiger partial charge in [0.25, 0.3) is 0 Å². The summed E-state index contributed by atoms with van der Waals surface area (Å²) in [6.45, 7) is 0. The predicted octanol–water partition coefficient (Wildman–Crippen LogP) is 10.9. The molecule has 52 heavy (non-hydrogen) atoms. The quantitative estimate of drug-likeness (QED) is 0.184. The Morgan fingerprint density at radius 1 is 0.404 bits per heavy atom. The van der Waals surface area contributed by atoms with Crippen LogP contribution in [0.5, 0.6) is 0 Å². The van der Waals surface area contributed by atoms with E-state index < -0.39 is 0 Å². The lowest BCUT2D eigenvalue weighted by molar-refractivity contribution is 1.06. The van der Waals surface area contributed by atoms with Gasteiger partial charge in [-0.15, -0.1) is 0 Å². The minimum Gasteiger partial charge on any atom is -0.309 e. The summed E-state index contributed by atoms with van der Waals surface area (Å²) in [5.74, 6) is 1.50. The van der Waals surface area contributed by atoms with Crippen molar-refractivity contribution in [3.05, 3.63) is 175 Å². The highest BCUT2D eigenvalue weighted by Crippen LogP contribution is 2.40. The second kappa shape index (κ2) is 11.9. The van der Waals surface area contributed by atoms with E-state index in [0.717, 1.165) is 66.1 Å². The van der Waals surface area contributed by atoms with Crippen molar-refractivity contribution in [3.63, 3.8) is 0 Å². The first-order valence-corrected chi connectivity index (χ1v) is 17.2. The van der Waals surface area contributed by atoms with Gasteiger partial charge in [0.15, 0.2) is 17.5 Å². The topological polar surface area (TPSA) is 72.3 Å². The summed E-state index contributed by atoms with van der Waals surface area (Å²) < 4.78 is 4.49. The van der Waals surface area contributed by atoms with Crippen LogP contribution in [0.1, 0.15) is 5.56 Å². The smallest absolute Gasteiger partial charge is 0.165 e. The van der Waals surface area contributed by atoms with Crippen LogP contribution in [0.2, 0.25) is 0 Å². The van der Waals surface area contributed by atoms with Crippen LogP contribution in [0.25, 0.3) is 89.2 Å². The number of fused-ring (bicyclic) bond motifs is 6. The SMILES string of the molecule is N#Cc1c(-c2nc(-c3ccccc3)nc(-c3ccccc3)n2)cc(-n2c3ccccc3c3ccccc32)cc1-n1c2ccccc2c2ccccc21. The molecule has 0 fully saturated rings. The maximum atomic E-state index is 11.2. The second-order valence-electron chi connectivity index (χ2n) is 12.8. The van der Waals surface area contributed by atoms with Crippen LogP contribution in [0.3, 0.4) is 0 Å². The van der Waals surface area contributed by atoms with Gasteiger partial charge < -0.3 is 9.13 Å². The number of hydrogen-bond donors (Lipinski definition) is 0. The predicted molar refractivity (Wildman–Crippen MR) is 210 cm³/mol. The molecule has 0 amide bonds. The lowest BCUT2D eigenvalue weighted by Crippen LogP contribution is -2.06. The van der Waals surface area contributed by atoms with E-state index in [1.54, 1.807) is 0 Å². The number of para-hydroxylation sites is 4. The normalized spacial score (nSPS) is 11.4. The molecule has 0 N–H and O–H groups in total. The molecule has 3 heterocycles. The monoisotopic (exact) mass is 664 g/mol. The van der Waals surface area contributed by atoms with Crippen molar-refractivity contribution in [2.75, 3.05) is 0 Å². The fourth-order valence-corrected chi connectivity index (χ4v) is 7.52. The van der Waals surface area contributed by atoms with Crippen LogP contribution in [-0.2, 0) is 0 Å². The molecule has 0 unspecified atom stereocenters. The van der Waals surface area contributed by atoms with Crippen molar-refractivity contribution in [1.82, 2.24) is 24.1 Å². The van der Waals surface area contributed by atoms with Crippen LogP contribution >= 0.6 is 0 Å². The maximum absolute atomic E-state index is 11.2. The summed E-state index contributed by atoms with van der Waals surface area (Å²) in [7, 11) is 0. The molecule has 0 radical (unpaired) electrons. The average Bonchev–Trinajstić information content (AvgIpc) is 3.74. The largest absolute Gasteiger partial charge is 0.309 e. The van der Waals surface area contributed by atoms with Gasteiger partial charge in [-0.25, -0.2) is 15.0 Å². The summed E-state index contributed by atoms with van der Waals surface area (Å²) in [6.07, 6.45) is 0. The van der Waals surface area contributed by atoms with Gasteiger partial charge in [0, 0.05) is 43.9 Å².